The molecule has 0 spiro atoms. The van der Waals surface area contributed by atoms with Gasteiger partial charge in [0.05, 0.1) is 6.10 Å². The Morgan fingerprint density at radius 3 is 1.60 bits per heavy atom. The van der Waals surface area contributed by atoms with Gasteiger partial charge in [-0.2, -0.15) is 48.3 Å². The zero-order valence-corrected chi connectivity index (χ0v) is 19.4. The molecule has 2 nitrogen and oxygen atoms in total. The highest BCUT2D eigenvalue weighted by atomic mass is 19.4. The third-order valence-electron chi connectivity index (χ3n) is 5.99. The predicted octanol–water partition coefficient (Wildman–Crippen LogP) is 8.58. The molecule has 35 heavy (non-hydrogen) atoms. The van der Waals surface area contributed by atoms with Crippen LogP contribution in [0.3, 0.4) is 0 Å². The summed E-state index contributed by atoms with van der Waals surface area (Å²) in [5, 5.41) is 0. The molecule has 0 bridgehead atoms. The van der Waals surface area contributed by atoms with Crippen LogP contribution in [0.2, 0.25) is 0 Å². The van der Waals surface area contributed by atoms with E-state index in [2.05, 4.69) is 0 Å². The number of alkyl halides is 11. The Balaban J connectivity index is 2.15. The van der Waals surface area contributed by atoms with Crippen LogP contribution in [0.5, 0.6) is 0 Å². The molecular weight excluding hydrogens is 505 g/mol. The molecule has 1 unspecified atom stereocenters. The van der Waals surface area contributed by atoms with Gasteiger partial charge < -0.3 is 9.47 Å². The van der Waals surface area contributed by atoms with Gasteiger partial charge in [0, 0.05) is 26.2 Å². The van der Waals surface area contributed by atoms with E-state index in [0.29, 0.717) is 26.1 Å². The van der Waals surface area contributed by atoms with E-state index >= 15 is 0 Å². The average molecular weight is 538 g/mol. The number of hydrogen-bond acceptors (Lipinski definition) is 2. The molecule has 0 saturated carbocycles. The fraction of sp³-hybridized carbons (Fsp3) is 1.00. The van der Waals surface area contributed by atoms with Crippen molar-refractivity contribution in [1.82, 2.24) is 0 Å². The lowest BCUT2D eigenvalue weighted by Crippen LogP contribution is -2.66. The van der Waals surface area contributed by atoms with Crippen molar-refractivity contribution in [1.29, 1.82) is 0 Å². The van der Waals surface area contributed by atoms with E-state index in [1.165, 1.54) is 0 Å². The third kappa shape index (κ3) is 8.89. The van der Waals surface area contributed by atoms with E-state index in [1.54, 1.807) is 0 Å². The van der Waals surface area contributed by atoms with Crippen LogP contribution in [0.15, 0.2) is 0 Å². The van der Waals surface area contributed by atoms with Crippen LogP contribution in [0, 0.1) is 0 Å². The minimum absolute atomic E-state index is 0.0779. The van der Waals surface area contributed by atoms with Gasteiger partial charge in [-0.3, -0.25) is 0 Å². The van der Waals surface area contributed by atoms with Crippen LogP contribution < -0.4 is 0 Å². The third-order valence-corrected chi connectivity index (χ3v) is 5.99. The first-order chi connectivity index (χ1) is 16.1. The second-order valence-corrected chi connectivity index (χ2v) is 8.89. The highest BCUT2D eigenvalue weighted by Crippen LogP contribution is 2.58. The summed E-state index contributed by atoms with van der Waals surface area (Å²) in [4.78, 5) is 0. The summed E-state index contributed by atoms with van der Waals surface area (Å²) in [7, 11) is 0. The zero-order chi connectivity index (χ0) is 26.8. The topological polar surface area (TPSA) is 18.5 Å². The van der Waals surface area contributed by atoms with Crippen LogP contribution in [0.25, 0.3) is 0 Å². The quantitative estimate of drug-likeness (QED) is 0.129. The van der Waals surface area contributed by atoms with Crippen LogP contribution in [-0.4, -0.2) is 55.8 Å². The van der Waals surface area contributed by atoms with Gasteiger partial charge in [-0.15, -0.1) is 0 Å². The van der Waals surface area contributed by atoms with E-state index in [1.807, 2.05) is 0 Å². The lowest BCUT2D eigenvalue weighted by molar-refractivity contribution is -0.422. The van der Waals surface area contributed by atoms with Crippen molar-refractivity contribution in [2.45, 2.75) is 119 Å². The van der Waals surface area contributed by atoms with Gasteiger partial charge in [0.1, 0.15) is 0 Å². The highest BCUT2D eigenvalue weighted by Gasteiger charge is 2.86. The van der Waals surface area contributed by atoms with E-state index in [-0.39, 0.29) is 12.5 Å². The maximum Gasteiger partial charge on any atom is 0.460 e. The number of unbranched alkanes of at least 4 members (excludes halogenated alkanes) is 8. The first kappa shape index (κ1) is 32.2. The molecule has 1 heterocycles. The van der Waals surface area contributed by atoms with E-state index < -0.39 is 42.7 Å². The van der Waals surface area contributed by atoms with Crippen LogP contribution in [-0.2, 0) is 9.47 Å². The summed E-state index contributed by atoms with van der Waals surface area (Å²) in [6, 6.07) is 0. The Hall–Kier alpha value is -0.850. The minimum Gasteiger partial charge on any atom is -0.381 e. The lowest BCUT2D eigenvalue weighted by Gasteiger charge is -2.37. The van der Waals surface area contributed by atoms with Gasteiger partial charge in [-0.25, -0.2) is 0 Å². The molecule has 0 N–H and O–H groups in total. The fourth-order valence-corrected chi connectivity index (χ4v) is 3.74. The summed E-state index contributed by atoms with van der Waals surface area (Å²) in [5.74, 6) is -27.2. The molecule has 1 aliphatic heterocycles. The van der Waals surface area contributed by atoms with Crippen molar-refractivity contribution in [3.05, 3.63) is 0 Å². The van der Waals surface area contributed by atoms with Crippen molar-refractivity contribution in [3.63, 3.8) is 0 Å². The Bertz CT molecular complexity index is 588. The molecule has 0 aliphatic carbocycles. The van der Waals surface area contributed by atoms with Crippen molar-refractivity contribution < 1.29 is 57.8 Å². The van der Waals surface area contributed by atoms with Gasteiger partial charge in [-0.1, -0.05) is 44.9 Å². The Morgan fingerprint density at radius 2 is 1.11 bits per heavy atom. The molecular formula is C22H33F11O2. The Labute approximate surface area is 197 Å². The van der Waals surface area contributed by atoms with Crippen molar-refractivity contribution in [3.8, 4) is 0 Å². The molecule has 0 aromatic rings. The molecule has 13 heteroatoms. The van der Waals surface area contributed by atoms with Crippen molar-refractivity contribution in [2.24, 2.45) is 0 Å². The average Bonchev–Trinajstić information content (AvgIpc) is 3.26. The normalized spacial score (nSPS) is 18.4. The molecule has 0 radical (unpaired) electrons. The van der Waals surface area contributed by atoms with Crippen molar-refractivity contribution in [2.75, 3.05) is 19.8 Å². The summed E-state index contributed by atoms with van der Waals surface area (Å²) < 4.78 is 153. The second-order valence-electron chi connectivity index (χ2n) is 8.89. The van der Waals surface area contributed by atoms with Gasteiger partial charge in [0.25, 0.3) is 0 Å². The molecule has 1 atom stereocenters. The molecule has 1 rings (SSSR count). The standard InChI is InChI=1S/C22H33F11O2/c23-18(24,19(25,26)20(27,28)21(29,30)22(31,32)33)13-8-6-4-2-1-3-5-7-9-14-34-16-12-17-11-10-15-35-17/h17H,1-16H2. The predicted molar refractivity (Wildman–Crippen MR) is 106 cm³/mol. The van der Waals surface area contributed by atoms with E-state index in [9.17, 15) is 48.3 Å². The Morgan fingerprint density at radius 1 is 0.600 bits per heavy atom. The molecule has 0 aromatic carbocycles. The van der Waals surface area contributed by atoms with Gasteiger partial charge >= 0.3 is 29.9 Å². The van der Waals surface area contributed by atoms with Gasteiger partial charge in [-0.05, 0) is 32.1 Å². The highest BCUT2D eigenvalue weighted by molar-refractivity contribution is 5.06. The molecule has 210 valence electrons. The lowest BCUT2D eigenvalue weighted by atomic mass is 9.94. The maximum absolute atomic E-state index is 13.6. The maximum atomic E-state index is 13.6. The van der Waals surface area contributed by atoms with E-state index in [0.717, 1.165) is 58.0 Å². The molecule has 0 aromatic heterocycles. The van der Waals surface area contributed by atoms with Crippen LogP contribution in [0.1, 0.15) is 83.5 Å². The SMILES string of the molecule is FC(F)(F)C(F)(F)C(F)(F)C(F)(F)C(F)(F)CCCCCCCCCCCOCCC1CCCO1. The van der Waals surface area contributed by atoms with Crippen LogP contribution >= 0.6 is 0 Å². The monoisotopic (exact) mass is 538 g/mol. The summed E-state index contributed by atoms with van der Waals surface area (Å²) in [5.41, 5.74) is 0. The summed E-state index contributed by atoms with van der Waals surface area (Å²) in [6.45, 7) is 2.09. The first-order valence-electron chi connectivity index (χ1n) is 11.9. The fourth-order valence-electron chi connectivity index (χ4n) is 3.74. The largest absolute Gasteiger partial charge is 0.460 e. The van der Waals surface area contributed by atoms with Crippen molar-refractivity contribution >= 4 is 0 Å². The molecule has 1 aliphatic rings. The van der Waals surface area contributed by atoms with Gasteiger partial charge in [0.15, 0.2) is 0 Å². The molecule has 1 saturated heterocycles. The number of halogens is 11. The van der Waals surface area contributed by atoms with Crippen LogP contribution in [0.4, 0.5) is 48.3 Å². The number of ether oxygens (including phenoxy) is 2. The smallest absolute Gasteiger partial charge is 0.381 e. The molecule has 1 fully saturated rings. The summed E-state index contributed by atoms with van der Waals surface area (Å²) >= 11 is 0. The number of hydrogen-bond donors (Lipinski definition) is 0. The number of rotatable bonds is 18. The first-order valence-corrected chi connectivity index (χ1v) is 11.9. The van der Waals surface area contributed by atoms with Gasteiger partial charge in [0.2, 0.25) is 0 Å². The minimum atomic E-state index is -7.32. The zero-order valence-electron chi connectivity index (χ0n) is 19.4. The second kappa shape index (κ2) is 13.6. The molecule has 0 amide bonds. The summed E-state index contributed by atoms with van der Waals surface area (Å²) in [6.07, 6.45) is -1.39. The van der Waals surface area contributed by atoms with E-state index in [4.69, 9.17) is 9.47 Å². The Kier molecular flexibility index (Phi) is 12.5.